The first-order valence-corrected chi connectivity index (χ1v) is 4.66. The quantitative estimate of drug-likeness (QED) is 0.218. The molecule has 8 heteroatoms. The van der Waals surface area contributed by atoms with Crippen LogP contribution in [0, 0.1) is 5.21 Å². The molecule has 0 bridgehead atoms. The molecule has 92 valence electrons. The zero-order chi connectivity index (χ0) is 12.7. The highest BCUT2D eigenvalue weighted by Crippen LogP contribution is 2.12. The van der Waals surface area contributed by atoms with Gasteiger partial charge in [-0.1, -0.05) is 4.86 Å². The van der Waals surface area contributed by atoms with Crippen molar-refractivity contribution < 1.29 is 19.6 Å². The summed E-state index contributed by atoms with van der Waals surface area (Å²) in [7, 11) is 0. The van der Waals surface area contributed by atoms with Crippen molar-refractivity contribution in [3.8, 4) is 5.75 Å². The standard InChI is InChI=1S/C9H12N4O4/c10-11-9(14)6-17-8-3-1-7(2-4-8)5-13(16)12-15/h1-4,15H,5-6,10H2,(H,11,14). The van der Waals surface area contributed by atoms with E-state index in [0.717, 1.165) is 0 Å². The molecule has 0 atom stereocenters. The van der Waals surface area contributed by atoms with E-state index in [1.165, 1.54) is 0 Å². The minimum absolute atomic E-state index is 0.0694. The molecular weight excluding hydrogens is 228 g/mol. The SMILES string of the molecule is NNC(=O)COc1ccc(C[N+]([O-])=NO)cc1. The van der Waals surface area contributed by atoms with E-state index in [4.69, 9.17) is 15.8 Å². The van der Waals surface area contributed by atoms with E-state index in [-0.39, 0.29) is 18.0 Å². The molecule has 1 rings (SSSR count). The van der Waals surface area contributed by atoms with Crippen LogP contribution in [0.2, 0.25) is 0 Å². The Morgan fingerprint density at radius 1 is 1.53 bits per heavy atom. The van der Waals surface area contributed by atoms with Gasteiger partial charge in [-0.25, -0.2) is 5.84 Å². The molecule has 0 unspecified atom stereocenters. The fourth-order valence-electron chi connectivity index (χ4n) is 1.07. The van der Waals surface area contributed by atoms with Crippen LogP contribution in [0.3, 0.4) is 0 Å². The van der Waals surface area contributed by atoms with Gasteiger partial charge in [-0.3, -0.25) is 10.2 Å². The first-order valence-electron chi connectivity index (χ1n) is 4.66. The number of ether oxygens (including phenoxy) is 1. The van der Waals surface area contributed by atoms with Crippen LogP contribution in [0.15, 0.2) is 29.5 Å². The Bertz CT molecular complexity index is 404. The Labute approximate surface area is 96.8 Å². The number of hydrogen-bond donors (Lipinski definition) is 3. The van der Waals surface area contributed by atoms with Gasteiger partial charge < -0.3 is 15.2 Å². The lowest BCUT2D eigenvalue weighted by atomic mass is 10.2. The predicted octanol–water partition coefficient (Wildman–Crippen LogP) is -0.0930. The van der Waals surface area contributed by atoms with Crippen molar-refractivity contribution in [2.24, 2.45) is 11.1 Å². The van der Waals surface area contributed by atoms with Crippen molar-refractivity contribution in [1.82, 2.24) is 5.43 Å². The molecule has 1 aromatic rings. The highest BCUT2D eigenvalue weighted by Gasteiger charge is 2.03. The summed E-state index contributed by atoms with van der Waals surface area (Å²) in [6.45, 7) is -0.254. The molecule has 0 aliphatic heterocycles. The van der Waals surface area contributed by atoms with Gasteiger partial charge in [0.1, 0.15) is 5.75 Å². The second-order valence-corrected chi connectivity index (χ2v) is 3.10. The van der Waals surface area contributed by atoms with Crippen LogP contribution in [0.4, 0.5) is 0 Å². The van der Waals surface area contributed by atoms with E-state index in [0.29, 0.717) is 11.3 Å². The lowest BCUT2D eigenvalue weighted by molar-refractivity contribution is -0.570. The number of hydrogen-bond acceptors (Lipinski definition) is 5. The highest BCUT2D eigenvalue weighted by atomic mass is 16.6. The number of carbonyl (C=O) groups is 1. The summed E-state index contributed by atoms with van der Waals surface area (Å²) in [5.74, 6) is 4.90. The first kappa shape index (κ1) is 12.7. The molecule has 0 spiro atoms. The molecule has 17 heavy (non-hydrogen) atoms. The zero-order valence-electron chi connectivity index (χ0n) is 8.87. The Morgan fingerprint density at radius 3 is 2.71 bits per heavy atom. The summed E-state index contributed by atoms with van der Waals surface area (Å²) in [5, 5.41) is 21.4. The topological polar surface area (TPSA) is 123 Å². The summed E-state index contributed by atoms with van der Waals surface area (Å²) >= 11 is 0. The Hall–Kier alpha value is -2.35. The molecule has 8 nitrogen and oxygen atoms in total. The van der Waals surface area contributed by atoms with Crippen LogP contribution in [0.5, 0.6) is 5.75 Å². The fourth-order valence-corrected chi connectivity index (χ4v) is 1.07. The Balaban J connectivity index is 2.53. The Morgan fingerprint density at radius 2 is 2.18 bits per heavy atom. The van der Waals surface area contributed by atoms with Crippen LogP contribution in [0.25, 0.3) is 0 Å². The van der Waals surface area contributed by atoms with Crippen LogP contribution in [-0.4, -0.2) is 22.6 Å². The van der Waals surface area contributed by atoms with Crippen LogP contribution in [-0.2, 0) is 11.3 Å². The average Bonchev–Trinajstić information content (AvgIpc) is 2.37. The van der Waals surface area contributed by atoms with E-state index in [2.05, 4.69) is 5.28 Å². The number of rotatable bonds is 5. The number of nitrogens with two attached hydrogens (primary N) is 1. The van der Waals surface area contributed by atoms with Gasteiger partial charge in [0.2, 0.25) is 6.54 Å². The van der Waals surface area contributed by atoms with Gasteiger partial charge in [-0.05, 0) is 24.3 Å². The van der Waals surface area contributed by atoms with Gasteiger partial charge >= 0.3 is 0 Å². The van der Waals surface area contributed by atoms with Crippen LogP contribution >= 0.6 is 0 Å². The first-order chi connectivity index (χ1) is 8.15. The second kappa shape index (κ2) is 6.28. The molecule has 0 radical (unpaired) electrons. The number of hydroxylamine groups is 1. The molecule has 0 aliphatic carbocycles. The van der Waals surface area contributed by atoms with E-state index < -0.39 is 5.91 Å². The van der Waals surface area contributed by atoms with E-state index in [9.17, 15) is 10.0 Å². The number of nitrogens with one attached hydrogen (secondary N) is 1. The lowest BCUT2D eigenvalue weighted by Gasteiger charge is -2.05. The molecule has 0 saturated carbocycles. The van der Waals surface area contributed by atoms with Crippen LogP contribution in [0.1, 0.15) is 5.56 Å². The minimum Gasteiger partial charge on any atom is -0.597 e. The van der Waals surface area contributed by atoms with Gasteiger partial charge in [-0.15, -0.1) is 0 Å². The number of amides is 1. The van der Waals surface area contributed by atoms with Gasteiger partial charge in [-0.2, -0.15) is 0 Å². The number of carbonyl (C=O) groups excluding carboxylic acids is 1. The molecular formula is C9H12N4O4. The van der Waals surface area contributed by atoms with Crippen molar-refractivity contribution >= 4 is 5.91 Å². The van der Waals surface area contributed by atoms with Crippen molar-refractivity contribution in [2.75, 3.05) is 6.61 Å². The molecule has 0 aromatic heterocycles. The summed E-state index contributed by atoms with van der Waals surface area (Å²) in [4.78, 5) is 10.9. The third-order valence-corrected chi connectivity index (χ3v) is 1.87. The fraction of sp³-hybridized carbons (Fsp3) is 0.222. The van der Waals surface area contributed by atoms with Gasteiger partial charge in [0, 0.05) is 5.56 Å². The van der Waals surface area contributed by atoms with E-state index >= 15 is 0 Å². The molecule has 0 heterocycles. The van der Waals surface area contributed by atoms with Gasteiger partial charge in [0.25, 0.3) is 5.91 Å². The van der Waals surface area contributed by atoms with Crippen molar-refractivity contribution in [1.29, 1.82) is 0 Å². The maximum absolute atomic E-state index is 10.8. The summed E-state index contributed by atoms with van der Waals surface area (Å²) in [6, 6.07) is 6.41. The number of nitrogens with zero attached hydrogens (tertiary/aromatic N) is 2. The lowest BCUT2D eigenvalue weighted by Crippen LogP contribution is -2.34. The smallest absolute Gasteiger partial charge is 0.271 e. The number of hydrazine groups is 1. The summed E-state index contributed by atoms with van der Waals surface area (Å²) < 4.78 is 5.09. The monoisotopic (exact) mass is 240 g/mol. The Kier molecular flexibility index (Phi) is 4.70. The maximum atomic E-state index is 10.8. The van der Waals surface area contributed by atoms with E-state index in [1.54, 1.807) is 24.3 Å². The average molecular weight is 240 g/mol. The highest BCUT2D eigenvalue weighted by molar-refractivity contribution is 5.76. The molecule has 0 aliphatic rings. The molecule has 0 saturated heterocycles. The van der Waals surface area contributed by atoms with E-state index in [1.807, 2.05) is 5.43 Å². The van der Waals surface area contributed by atoms with Crippen molar-refractivity contribution in [3.05, 3.63) is 35.0 Å². The largest absolute Gasteiger partial charge is 0.597 e. The number of benzene rings is 1. The third kappa shape index (κ3) is 4.34. The van der Waals surface area contributed by atoms with Gasteiger partial charge in [0.05, 0.1) is 0 Å². The predicted molar refractivity (Wildman–Crippen MR) is 55.8 cm³/mol. The third-order valence-electron chi connectivity index (χ3n) is 1.87. The summed E-state index contributed by atoms with van der Waals surface area (Å²) in [6.07, 6.45) is 0. The minimum atomic E-state index is -0.445. The zero-order valence-corrected chi connectivity index (χ0v) is 8.87. The normalized spacial score (nSPS) is 11.0. The molecule has 1 aromatic carbocycles. The van der Waals surface area contributed by atoms with Crippen LogP contribution < -0.4 is 16.0 Å². The van der Waals surface area contributed by atoms with Gasteiger partial charge in [0.15, 0.2) is 11.9 Å². The maximum Gasteiger partial charge on any atom is 0.271 e. The van der Waals surface area contributed by atoms with Crippen molar-refractivity contribution in [3.63, 3.8) is 0 Å². The molecule has 4 N–H and O–H groups in total. The summed E-state index contributed by atoms with van der Waals surface area (Å²) in [5.41, 5.74) is 2.57. The molecule has 1 amide bonds. The molecule has 0 fully saturated rings. The second-order valence-electron chi connectivity index (χ2n) is 3.10. The van der Waals surface area contributed by atoms with Crippen molar-refractivity contribution in [2.45, 2.75) is 6.54 Å².